The summed E-state index contributed by atoms with van der Waals surface area (Å²) >= 11 is 0. The fourth-order valence-corrected chi connectivity index (χ4v) is 3.92. The van der Waals surface area contributed by atoms with Crippen LogP contribution in [-0.2, 0) is 22.7 Å². The van der Waals surface area contributed by atoms with Gasteiger partial charge in [-0.3, -0.25) is 9.59 Å². The second-order valence-corrected chi connectivity index (χ2v) is 9.18. The highest BCUT2D eigenvalue weighted by molar-refractivity contribution is 5.85. The van der Waals surface area contributed by atoms with Crippen LogP contribution >= 0.6 is 0 Å². The van der Waals surface area contributed by atoms with Crippen LogP contribution in [0.1, 0.15) is 65.1 Å². The number of benzene rings is 1. The summed E-state index contributed by atoms with van der Waals surface area (Å²) < 4.78 is 7.53. The molecule has 0 aliphatic heterocycles. The molecule has 1 aromatic heterocycles. The van der Waals surface area contributed by atoms with Gasteiger partial charge in [-0.05, 0) is 55.5 Å². The Hall–Kier alpha value is -2.76. The minimum Gasteiger partial charge on any atom is -0.497 e. The zero-order valence-corrected chi connectivity index (χ0v) is 21.2. The average molecular weight is 456 g/mol. The molecule has 0 fully saturated rings. The number of amides is 2. The van der Waals surface area contributed by atoms with Gasteiger partial charge >= 0.3 is 0 Å². The van der Waals surface area contributed by atoms with Gasteiger partial charge in [-0.1, -0.05) is 39.8 Å². The van der Waals surface area contributed by atoms with Crippen LogP contribution in [0.2, 0.25) is 0 Å². The number of aromatic nitrogens is 1. The van der Waals surface area contributed by atoms with Gasteiger partial charge in [0.25, 0.3) is 0 Å². The van der Waals surface area contributed by atoms with Gasteiger partial charge in [0.05, 0.1) is 20.2 Å². The molecule has 1 heterocycles. The molecule has 1 atom stereocenters. The van der Waals surface area contributed by atoms with E-state index in [0.29, 0.717) is 32.0 Å². The molecule has 6 nitrogen and oxygen atoms in total. The number of hydrogen-bond acceptors (Lipinski definition) is 3. The van der Waals surface area contributed by atoms with E-state index in [1.807, 2.05) is 42.3 Å². The molecule has 6 heteroatoms. The maximum atomic E-state index is 13.4. The van der Waals surface area contributed by atoms with Crippen LogP contribution in [0.15, 0.2) is 42.6 Å². The van der Waals surface area contributed by atoms with Crippen LogP contribution in [0.4, 0.5) is 0 Å². The summed E-state index contributed by atoms with van der Waals surface area (Å²) in [4.78, 5) is 29.7. The number of methoxy groups -OCH3 is 1. The number of ether oxygens (including phenoxy) is 1. The summed E-state index contributed by atoms with van der Waals surface area (Å²) in [6.45, 7) is 12.3. The van der Waals surface area contributed by atoms with Crippen molar-refractivity contribution in [2.24, 2.45) is 5.92 Å². The first-order chi connectivity index (χ1) is 15.8. The van der Waals surface area contributed by atoms with Gasteiger partial charge in [0.15, 0.2) is 0 Å². The monoisotopic (exact) mass is 455 g/mol. The summed E-state index contributed by atoms with van der Waals surface area (Å²) in [7, 11) is 1.67. The normalized spacial score (nSPS) is 12.0. The van der Waals surface area contributed by atoms with Crippen LogP contribution in [0, 0.1) is 5.92 Å². The second kappa shape index (κ2) is 13.1. The predicted molar refractivity (Wildman–Crippen MR) is 133 cm³/mol. The Morgan fingerprint density at radius 1 is 1.06 bits per heavy atom. The van der Waals surface area contributed by atoms with Crippen LogP contribution in [0.25, 0.3) is 0 Å². The average Bonchev–Trinajstić information content (AvgIpc) is 3.22. The highest BCUT2D eigenvalue weighted by Crippen LogP contribution is 2.18. The van der Waals surface area contributed by atoms with Crippen molar-refractivity contribution < 1.29 is 14.3 Å². The fourth-order valence-electron chi connectivity index (χ4n) is 3.92. The lowest BCUT2D eigenvalue weighted by Crippen LogP contribution is -2.47. The Labute approximate surface area is 199 Å². The third kappa shape index (κ3) is 7.95. The standard InChI is InChI=1S/C27H41N3O3/c1-7-11-26(31)29(17-21(3)4)20-27(32)30(22(5)8-2)19-24-13-10-15-28(24)18-23-12-9-14-25(16-23)33-6/h9-10,12-16,21-22H,7-8,11,17-20H2,1-6H3. The molecule has 0 spiro atoms. The number of hydrogen-bond donors (Lipinski definition) is 0. The quantitative estimate of drug-likeness (QED) is 0.429. The van der Waals surface area contributed by atoms with Gasteiger partial charge in [0, 0.05) is 37.4 Å². The molecule has 2 aromatic rings. The fraction of sp³-hybridized carbons (Fsp3) is 0.556. The van der Waals surface area contributed by atoms with Gasteiger partial charge in [0.1, 0.15) is 5.75 Å². The summed E-state index contributed by atoms with van der Waals surface area (Å²) in [6, 6.07) is 12.2. The van der Waals surface area contributed by atoms with Crippen molar-refractivity contribution in [1.29, 1.82) is 0 Å². The lowest BCUT2D eigenvalue weighted by Gasteiger charge is -2.32. The minimum absolute atomic E-state index is 0.00332. The maximum Gasteiger partial charge on any atom is 0.242 e. The van der Waals surface area contributed by atoms with E-state index in [1.54, 1.807) is 12.0 Å². The van der Waals surface area contributed by atoms with Gasteiger partial charge in [-0.25, -0.2) is 0 Å². The molecule has 33 heavy (non-hydrogen) atoms. The molecule has 2 rings (SSSR count). The third-order valence-corrected chi connectivity index (χ3v) is 5.91. The van der Waals surface area contributed by atoms with E-state index in [-0.39, 0.29) is 24.4 Å². The number of carbonyl (C=O) groups is 2. The van der Waals surface area contributed by atoms with E-state index in [0.717, 1.165) is 29.8 Å². The number of carbonyl (C=O) groups excluding carboxylic acids is 2. The van der Waals surface area contributed by atoms with E-state index in [4.69, 9.17) is 4.74 Å². The first kappa shape index (κ1) is 26.5. The Morgan fingerprint density at radius 3 is 2.45 bits per heavy atom. The molecular weight excluding hydrogens is 414 g/mol. The van der Waals surface area contributed by atoms with E-state index < -0.39 is 0 Å². The molecule has 0 saturated carbocycles. The second-order valence-electron chi connectivity index (χ2n) is 9.18. The Kier molecular flexibility index (Phi) is 10.5. The molecule has 0 aliphatic rings. The van der Waals surface area contributed by atoms with Crippen molar-refractivity contribution in [2.45, 2.75) is 73.0 Å². The number of nitrogens with zero attached hydrogens (tertiary/aromatic N) is 3. The zero-order valence-electron chi connectivity index (χ0n) is 21.2. The SMILES string of the molecule is CCCC(=O)N(CC(=O)N(Cc1cccn1Cc1cccc(OC)c1)C(C)CC)CC(C)C. The van der Waals surface area contributed by atoms with Crippen molar-refractivity contribution in [3.05, 3.63) is 53.9 Å². The Morgan fingerprint density at radius 2 is 1.82 bits per heavy atom. The molecule has 0 radical (unpaired) electrons. The first-order valence-corrected chi connectivity index (χ1v) is 12.1. The molecule has 1 aromatic carbocycles. The molecule has 0 bridgehead atoms. The highest BCUT2D eigenvalue weighted by Gasteiger charge is 2.25. The number of rotatable bonds is 13. The molecule has 2 amide bonds. The lowest BCUT2D eigenvalue weighted by molar-refractivity contribution is -0.142. The molecule has 1 unspecified atom stereocenters. The first-order valence-electron chi connectivity index (χ1n) is 12.1. The maximum absolute atomic E-state index is 13.4. The molecular formula is C27H41N3O3. The van der Waals surface area contributed by atoms with Crippen molar-refractivity contribution in [3.8, 4) is 5.75 Å². The Balaban J connectivity index is 2.19. The smallest absolute Gasteiger partial charge is 0.242 e. The van der Waals surface area contributed by atoms with E-state index in [9.17, 15) is 9.59 Å². The summed E-state index contributed by atoms with van der Waals surface area (Å²) in [6.07, 6.45) is 4.17. The van der Waals surface area contributed by atoms with Crippen LogP contribution in [0.3, 0.4) is 0 Å². The van der Waals surface area contributed by atoms with Gasteiger partial charge < -0.3 is 19.1 Å². The minimum atomic E-state index is 0.00332. The van der Waals surface area contributed by atoms with Crippen molar-refractivity contribution >= 4 is 11.8 Å². The largest absolute Gasteiger partial charge is 0.497 e. The topological polar surface area (TPSA) is 54.8 Å². The zero-order chi connectivity index (χ0) is 24.4. The predicted octanol–water partition coefficient (Wildman–Crippen LogP) is 4.96. The highest BCUT2D eigenvalue weighted by atomic mass is 16.5. The lowest BCUT2D eigenvalue weighted by atomic mass is 10.1. The Bertz CT molecular complexity index is 890. The third-order valence-electron chi connectivity index (χ3n) is 5.91. The van der Waals surface area contributed by atoms with Crippen LogP contribution in [-0.4, -0.2) is 52.4 Å². The van der Waals surface area contributed by atoms with Crippen molar-refractivity contribution in [3.63, 3.8) is 0 Å². The van der Waals surface area contributed by atoms with E-state index in [2.05, 4.69) is 44.4 Å². The van der Waals surface area contributed by atoms with Crippen LogP contribution < -0.4 is 4.74 Å². The van der Waals surface area contributed by atoms with E-state index in [1.165, 1.54) is 0 Å². The summed E-state index contributed by atoms with van der Waals surface area (Å²) in [5.41, 5.74) is 2.21. The molecule has 0 saturated heterocycles. The van der Waals surface area contributed by atoms with Gasteiger partial charge in [0.2, 0.25) is 11.8 Å². The molecule has 0 aliphatic carbocycles. The van der Waals surface area contributed by atoms with Crippen LogP contribution in [0.5, 0.6) is 5.75 Å². The molecule has 0 N–H and O–H groups in total. The molecule has 182 valence electrons. The van der Waals surface area contributed by atoms with Gasteiger partial charge in [-0.15, -0.1) is 0 Å². The van der Waals surface area contributed by atoms with Gasteiger partial charge in [-0.2, -0.15) is 0 Å². The summed E-state index contributed by atoms with van der Waals surface area (Å²) in [5, 5.41) is 0. The summed E-state index contributed by atoms with van der Waals surface area (Å²) in [5.74, 6) is 1.21. The van der Waals surface area contributed by atoms with Crippen molar-refractivity contribution in [1.82, 2.24) is 14.4 Å². The van der Waals surface area contributed by atoms with Crippen molar-refractivity contribution in [2.75, 3.05) is 20.2 Å². The van der Waals surface area contributed by atoms with E-state index >= 15 is 0 Å².